The first-order valence-corrected chi connectivity index (χ1v) is 7.56. The fourth-order valence-corrected chi connectivity index (χ4v) is 2.45. The van der Waals surface area contributed by atoms with Gasteiger partial charge < -0.3 is 20.5 Å². The average molecular weight is 329 g/mol. The fraction of sp³-hybridized carbons (Fsp3) is 0.562. The van der Waals surface area contributed by atoms with E-state index >= 15 is 0 Å². The third-order valence-corrected chi connectivity index (χ3v) is 3.46. The molecule has 2 rings (SSSR count). The van der Waals surface area contributed by atoms with Crippen LogP contribution in [0.15, 0.2) is 12.1 Å². The van der Waals surface area contributed by atoms with Crippen LogP contribution in [0.3, 0.4) is 0 Å². The van der Waals surface area contributed by atoms with Gasteiger partial charge in [-0.3, -0.25) is 4.79 Å². The van der Waals surface area contributed by atoms with E-state index in [2.05, 4.69) is 12.2 Å². The first-order chi connectivity index (χ1) is 10.1. The van der Waals surface area contributed by atoms with Gasteiger partial charge in [0.25, 0.3) is 0 Å². The van der Waals surface area contributed by atoms with Crippen molar-refractivity contribution in [2.75, 3.05) is 13.2 Å². The molecule has 1 unspecified atom stereocenters. The lowest BCUT2D eigenvalue weighted by Crippen LogP contribution is -2.23. The zero-order valence-electron chi connectivity index (χ0n) is 13.2. The topological polar surface area (TPSA) is 73.6 Å². The van der Waals surface area contributed by atoms with Gasteiger partial charge >= 0.3 is 0 Å². The Morgan fingerprint density at radius 3 is 2.95 bits per heavy atom. The van der Waals surface area contributed by atoms with E-state index in [-0.39, 0.29) is 24.4 Å². The maximum Gasteiger partial charge on any atom is 0.220 e. The van der Waals surface area contributed by atoms with Crippen molar-refractivity contribution in [3.8, 4) is 11.5 Å². The summed E-state index contributed by atoms with van der Waals surface area (Å²) in [6, 6.07) is 4.01. The van der Waals surface area contributed by atoms with E-state index in [0.29, 0.717) is 32.5 Å². The average Bonchev–Trinajstić information content (AvgIpc) is 2.82. The molecule has 0 saturated heterocycles. The second kappa shape index (κ2) is 8.86. The van der Waals surface area contributed by atoms with Crippen molar-refractivity contribution < 1.29 is 14.3 Å². The summed E-state index contributed by atoms with van der Waals surface area (Å²) in [6.45, 7) is 5.58. The Hall–Kier alpha value is -1.46. The molecular formula is C16H25ClN2O3. The van der Waals surface area contributed by atoms with Gasteiger partial charge in [-0.2, -0.15) is 0 Å². The van der Waals surface area contributed by atoms with Gasteiger partial charge in [-0.25, -0.2) is 0 Å². The highest BCUT2D eigenvalue weighted by atomic mass is 35.5. The van der Waals surface area contributed by atoms with E-state index in [0.717, 1.165) is 23.5 Å². The van der Waals surface area contributed by atoms with E-state index < -0.39 is 0 Å². The van der Waals surface area contributed by atoms with Gasteiger partial charge in [0.1, 0.15) is 17.6 Å². The van der Waals surface area contributed by atoms with Crippen molar-refractivity contribution in [1.29, 1.82) is 0 Å². The van der Waals surface area contributed by atoms with Crippen molar-refractivity contribution in [1.82, 2.24) is 5.32 Å². The predicted molar refractivity (Wildman–Crippen MR) is 88.8 cm³/mol. The van der Waals surface area contributed by atoms with Crippen LogP contribution in [0.5, 0.6) is 11.5 Å². The molecule has 0 fully saturated rings. The van der Waals surface area contributed by atoms with E-state index in [4.69, 9.17) is 15.2 Å². The maximum absolute atomic E-state index is 11.7. The van der Waals surface area contributed by atoms with Crippen LogP contribution in [-0.4, -0.2) is 25.2 Å². The summed E-state index contributed by atoms with van der Waals surface area (Å²) >= 11 is 0. The van der Waals surface area contributed by atoms with Crippen molar-refractivity contribution in [2.45, 2.75) is 45.8 Å². The van der Waals surface area contributed by atoms with Gasteiger partial charge in [0.2, 0.25) is 5.91 Å². The number of benzene rings is 1. The van der Waals surface area contributed by atoms with Crippen LogP contribution >= 0.6 is 12.4 Å². The Bertz CT molecular complexity index is 508. The Balaban J connectivity index is 0.00000242. The smallest absolute Gasteiger partial charge is 0.220 e. The fourth-order valence-electron chi connectivity index (χ4n) is 2.45. The standard InChI is InChI=1S/C16H24N2O3.ClH/c1-3-20-14-8-12-7-11(2)21-15(12)9-13(14)10-18-16(19)5-4-6-17;/h8-9,11H,3-7,10,17H2,1-2H3,(H,18,19);1H. The molecule has 1 heterocycles. The molecule has 0 saturated carbocycles. The minimum atomic E-state index is 0. The van der Waals surface area contributed by atoms with Gasteiger partial charge in [-0.1, -0.05) is 0 Å². The molecule has 0 aromatic heterocycles. The van der Waals surface area contributed by atoms with Crippen LogP contribution in [-0.2, 0) is 17.8 Å². The maximum atomic E-state index is 11.7. The van der Waals surface area contributed by atoms with Crippen molar-refractivity contribution in [3.05, 3.63) is 23.3 Å². The number of halogens is 1. The highest BCUT2D eigenvalue weighted by Gasteiger charge is 2.21. The molecule has 1 aliphatic heterocycles. The lowest BCUT2D eigenvalue weighted by atomic mass is 10.1. The first-order valence-electron chi connectivity index (χ1n) is 7.56. The summed E-state index contributed by atoms with van der Waals surface area (Å²) in [6.07, 6.45) is 2.26. The molecule has 1 amide bonds. The van der Waals surface area contributed by atoms with Crippen LogP contribution in [0.4, 0.5) is 0 Å². The molecule has 1 aromatic rings. The van der Waals surface area contributed by atoms with E-state index in [1.807, 2.05) is 19.1 Å². The number of nitrogens with one attached hydrogen (secondary N) is 1. The van der Waals surface area contributed by atoms with E-state index in [1.165, 1.54) is 5.56 Å². The SMILES string of the molecule is CCOc1cc2c(cc1CNC(=O)CCCN)OC(C)C2.Cl. The second-order valence-electron chi connectivity index (χ2n) is 5.30. The molecule has 1 aliphatic rings. The van der Waals surface area contributed by atoms with Crippen LogP contribution < -0.4 is 20.5 Å². The number of fused-ring (bicyclic) bond motifs is 1. The summed E-state index contributed by atoms with van der Waals surface area (Å²) in [5.41, 5.74) is 7.53. The van der Waals surface area contributed by atoms with Crippen LogP contribution in [0.2, 0.25) is 0 Å². The normalized spacial score (nSPS) is 15.5. The molecule has 0 spiro atoms. The molecule has 0 aliphatic carbocycles. The molecule has 1 aromatic carbocycles. The van der Waals surface area contributed by atoms with Gasteiger partial charge in [0.15, 0.2) is 0 Å². The third kappa shape index (κ3) is 4.78. The number of ether oxygens (including phenoxy) is 2. The Morgan fingerprint density at radius 1 is 1.50 bits per heavy atom. The minimum Gasteiger partial charge on any atom is -0.494 e. The summed E-state index contributed by atoms with van der Waals surface area (Å²) in [4.78, 5) is 11.7. The molecule has 0 radical (unpaired) electrons. The molecular weight excluding hydrogens is 304 g/mol. The molecule has 22 heavy (non-hydrogen) atoms. The predicted octanol–water partition coefficient (Wildman–Crippen LogP) is 2.19. The van der Waals surface area contributed by atoms with Crippen molar-refractivity contribution in [2.24, 2.45) is 5.73 Å². The van der Waals surface area contributed by atoms with Gasteiger partial charge in [-0.15, -0.1) is 12.4 Å². The molecule has 0 bridgehead atoms. The Morgan fingerprint density at radius 2 is 2.27 bits per heavy atom. The summed E-state index contributed by atoms with van der Waals surface area (Å²) < 4.78 is 11.5. The number of hydrogen-bond acceptors (Lipinski definition) is 4. The zero-order valence-corrected chi connectivity index (χ0v) is 14.0. The lowest BCUT2D eigenvalue weighted by Gasteiger charge is -2.13. The van der Waals surface area contributed by atoms with Gasteiger partial charge in [-0.05, 0) is 38.9 Å². The van der Waals surface area contributed by atoms with Crippen molar-refractivity contribution in [3.63, 3.8) is 0 Å². The first kappa shape index (κ1) is 18.6. The summed E-state index contributed by atoms with van der Waals surface area (Å²) in [5.74, 6) is 1.74. The van der Waals surface area contributed by atoms with Gasteiger partial charge in [0.05, 0.1) is 6.61 Å². The number of hydrogen-bond donors (Lipinski definition) is 2. The van der Waals surface area contributed by atoms with E-state index in [9.17, 15) is 4.79 Å². The summed E-state index contributed by atoms with van der Waals surface area (Å²) in [7, 11) is 0. The van der Waals surface area contributed by atoms with Crippen LogP contribution in [0.25, 0.3) is 0 Å². The quantitative estimate of drug-likeness (QED) is 0.804. The van der Waals surface area contributed by atoms with E-state index in [1.54, 1.807) is 0 Å². The lowest BCUT2D eigenvalue weighted by molar-refractivity contribution is -0.121. The number of nitrogens with two attached hydrogens (primary N) is 1. The van der Waals surface area contributed by atoms with Gasteiger partial charge in [0, 0.05) is 30.5 Å². The highest BCUT2D eigenvalue weighted by molar-refractivity contribution is 5.85. The zero-order chi connectivity index (χ0) is 15.2. The summed E-state index contributed by atoms with van der Waals surface area (Å²) in [5, 5.41) is 2.90. The monoisotopic (exact) mass is 328 g/mol. The molecule has 124 valence electrons. The Kier molecular flexibility index (Phi) is 7.48. The molecule has 3 N–H and O–H groups in total. The molecule has 1 atom stereocenters. The number of carbonyl (C=O) groups is 1. The largest absolute Gasteiger partial charge is 0.494 e. The minimum absolute atomic E-state index is 0. The number of amides is 1. The van der Waals surface area contributed by atoms with Crippen LogP contribution in [0.1, 0.15) is 37.8 Å². The Labute approximate surface area is 138 Å². The molecule has 6 heteroatoms. The second-order valence-corrected chi connectivity index (χ2v) is 5.30. The molecule has 5 nitrogen and oxygen atoms in total. The number of carbonyl (C=O) groups excluding carboxylic acids is 1. The number of rotatable bonds is 7. The third-order valence-electron chi connectivity index (χ3n) is 3.46. The van der Waals surface area contributed by atoms with Crippen molar-refractivity contribution >= 4 is 18.3 Å². The highest BCUT2D eigenvalue weighted by Crippen LogP contribution is 2.35. The van der Waals surface area contributed by atoms with Crippen LogP contribution in [0, 0.1) is 0 Å².